The average molecular weight is 296 g/mol. The first-order valence-electron chi connectivity index (χ1n) is 7.35. The van der Waals surface area contributed by atoms with E-state index in [4.69, 9.17) is 16.3 Å². The average Bonchev–Trinajstić information content (AvgIpc) is 2.49. The maximum atomic E-state index is 12.0. The Hall–Kier alpha value is -1.22. The predicted octanol–water partition coefficient (Wildman–Crippen LogP) is 3.47. The van der Waals surface area contributed by atoms with Crippen molar-refractivity contribution in [2.24, 2.45) is 0 Å². The zero-order valence-electron chi connectivity index (χ0n) is 11.8. The molecule has 20 heavy (non-hydrogen) atoms. The largest absolute Gasteiger partial charge is 0.490 e. The van der Waals surface area contributed by atoms with E-state index in [0.717, 1.165) is 44.5 Å². The minimum absolute atomic E-state index is 0.226. The number of piperidine rings is 1. The van der Waals surface area contributed by atoms with Crippen LogP contribution in [0, 0.1) is 0 Å². The lowest BCUT2D eigenvalue weighted by Gasteiger charge is -2.32. The molecule has 2 rings (SSSR count). The lowest BCUT2D eigenvalue weighted by atomic mass is 10.1. The maximum absolute atomic E-state index is 12.0. The molecule has 4 heteroatoms. The second kappa shape index (κ2) is 8.15. The van der Waals surface area contributed by atoms with Gasteiger partial charge in [0.05, 0.1) is 0 Å². The van der Waals surface area contributed by atoms with E-state index in [1.807, 2.05) is 35.2 Å². The minimum atomic E-state index is 0.226. The topological polar surface area (TPSA) is 29.5 Å². The Morgan fingerprint density at radius 1 is 1.20 bits per heavy atom. The summed E-state index contributed by atoms with van der Waals surface area (Å²) in [5.74, 6) is 1.81. The van der Waals surface area contributed by atoms with E-state index in [0.29, 0.717) is 12.3 Å². The van der Waals surface area contributed by atoms with E-state index in [1.54, 1.807) is 0 Å². The monoisotopic (exact) mass is 295 g/mol. The number of nitrogens with zero attached hydrogens (tertiary/aromatic N) is 1. The number of unbranched alkanes of at least 4 members (excludes halogenated alkanes) is 1. The van der Waals surface area contributed by atoms with Crippen LogP contribution < -0.4 is 4.74 Å². The summed E-state index contributed by atoms with van der Waals surface area (Å²) in [6.07, 6.45) is 4.48. The van der Waals surface area contributed by atoms with E-state index in [1.165, 1.54) is 0 Å². The molecule has 1 heterocycles. The van der Waals surface area contributed by atoms with Crippen molar-refractivity contribution in [2.45, 2.75) is 38.2 Å². The van der Waals surface area contributed by atoms with Gasteiger partial charge in [-0.3, -0.25) is 4.79 Å². The van der Waals surface area contributed by atoms with Gasteiger partial charge in [0.2, 0.25) is 5.91 Å². The van der Waals surface area contributed by atoms with Crippen molar-refractivity contribution in [1.82, 2.24) is 4.90 Å². The van der Waals surface area contributed by atoms with Crippen molar-refractivity contribution in [3.8, 4) is 5.75 Å². The van der Waals surface area contributed by atoms with Gasteiger partial charge in [-0.1, -0.05) is 18.2 Å². The highest BCUT2D eigenvalue weighted by Crippen LogP contribution is 2.19. The van der Waals surface area contributed by atoms with Crippen molar-refractivity contribution < 1.29 is 9.53 Å². The molecule has 1 fully saturated rings. The Labute approximate surface area is 125 Å². The molecule has 3 nitrogen and oxygen atoms in total. The zero-order chi connectivity index (χ0) is 14.2. The molecular formula is C16H22ClNO2. The Bertz CT molecular complexity index is 402. The first-order valence-corrected chi connectivity index (χ1v) is 7.88. The summed E-state index contributed by atoms with van der Waals surface area (Å²) in [5, 5.41) is 0. The molecule has 1 aromatic rings. The summed E-state index contributed by atoms with van der Waals surface area (Å²) in [5.41, 5.74) is 0. The highest BCUT2D eigenvalue weighted by Gasteiger charge is 2.23. The summed E-state index contributed by atoms with van der Waals surface area (Å²) in [7, 11) is 0. The SMILES string of the molecule is O=C(CCCCCl)N1CCC(Oc2ccccc2)CC1. The van der Waals surface area contributed by atoms with Gasteiger partial charge in [-0.25, -0.2) is 0 Å². The number of alkyl halides is 1. The first kappa shape index (κ1) is 15.2. The van der Waals surface area contributed by atoms with Crippen LogP contribution in [-0.4, -0.2) is 35.9 Å². The molecule has 0 spiro atoms. The van der Waals surface area contributed by atoms with Crippen molar-refractivity contribution in [3.63, 3.8) is 0 Å². The number of carbonyl (C=O) groups is 1. The summed E-state index contributed by atoms with van der Waals surface area (Å²) in [6.45, 7) is 1.61. The summed E-state index contributed by atoms with van der Waals surface area (Å²) < 4.78 is 5.93. The van der Waals surface area contributed by atoms with Crippen LogP contribution in [0.15, 0.2) is 30.3 Å². The van der Waals surface area contributed by atoms with Crippen molar-refractivity contribution >= 4 is 17.5 Å². The fraction of sp³-hybridized carbons (Fsp3) is 0.562. The predicted molar refractivity (Wildman–Crippen MR) is 81.2 cm³/mol. The Morgan fingerprint density at radius 2 is 1.90 bits per heavy atom. The van der Waals surface area contributed by atoms with Crippen molar-refractivity contribution in [3.05, 3.63) is 30.3 Å². The number of amides is 1. The lowest BCUT2D eigenvalue weighted by Crippen LogP contribution is -2.41. The Kier molecular flexibility index (Phi) is 6.19. The van der Waals surface area contributed by atoms with Gasteiger partial charge in [-0.2, -0.15) is 0 Å². The summed E-state index contributed by atoms with van der Waals surface area (Å²) in [6, 6.07) is 9.89. The Morgan fingerprint density at radius 3 is 2.55 bits per heavy atom. The van der Waals surface area contributed by atoms with Crippen molar-refractivity contribution in [2.75, 3.05) is 19.0 Å². The van der Waals surface area contributed by atoms with Gasteiger partial charge in [0.1, 0.15) is 11.9 Å². The quantitative estimate of drug-likeness (QED) is 0.594. The first-order chi connectivity index (χ1) is 9.79. The van der Waals surface area contributed by atoms with Crippen LogP contribution in [0.1, 0.15) is 32.1 Å². The fourth-order valence-corrected chi connectivity index (χ4v) is 2.63. The molecule has 0 aliphatic carbocycles. The van der Waals surface area contributed by atoms with Crippen LogP contribution in [0.3, 0.4) is 0 Å². The third kappa shape index (κ3) is 4.71. The second-order valence-corrected chi connectivity index (χ2v) is 5.54. The number of likely N-dealkylation sites (tertiary alicyclic amines) is 1. The third-order valence-corrected chi connectivity index (χ3v) is 3.88. The van der Waals surface area contributed by atoms with Gasteiger partial charge in [0, 0.05) is 38.2 Å². The molecule has 0 unspecified atom stereocenters. The minimum Gasteiger partial charge on any atom is -0.490 e. The molecule has 0 bridgehead atoms. The van der Waals surface area contributed by atoms with E-state index < -0.39 is 0 Å². The van der Waals surface area contributed by atoms with Crippen LogP contribution >= 0.6 is 11.6 Å². The molecule has 0 saturated carbocycles. The molecule has 1 aromatic carbocycles. The molecule has 0 atom stereocenters. The molecule has 1 amide bonds. The molecule has 110 valence electrons. The lowest BCUT2D eigenvalue weighted by molar-refractivity contribution is -0.133. The summed E-state index contributed by atoms with van der Waals surface area (Å²) in [4.78, 5) is 13.9. The molecule has 0 radical (unpaired) electrons. The van der Waals surface area contributed by atoms with E-state index >= 15 is 0 Å². The van der Waals surface area contributed by atoms with E-state index in [2.05, 4.69) is 0 Å². The van der Waals surface area contributed by atoms with Gasteiger partial charge in [0.25, 0.3) is 0 Å². The fourth-order valence-electron chi connectivity index (χ4n) is 2.44. The van der Waals surface area contributed by atoms with Gasteiger partial charge in [-0.05, 0) is 25.0 Å². The van der Waals surface area contributed by atoms with Crippen LogP contribution in [-0.2, 0) is 4.79 Å². The molecule has 1 aliphatic rings. The molecule has 0 N–H and O–H groups in total. The molecule has 1 saturated heterocycles. The van der Waals surface area contributed by atoms with E-state index in [9.17, 15) is 4.79 Å². The number of halogens is 1. The van der Waals surface area contributed by atoms with Crippen LogP contribution in [0.2, 0.25) is 0 Å². The second-order valence-electron chi connectivity index (χ2n) is 5.16. The maximum Gasteiger partial charge on any atom is 0.222 e. The van der Waals surface area contributed by atoms with Crippen LogP contribution in [0.4, 0.5) is 0 Å². The normalized spacial score (nSPS) is 16.1. The van der Waals surface area contributed by atoms with Crippen LogP contribution in [0.25, 0.3) is 0 Å². The number of ether oxygens (including phenoxy) is 1. The number of carbonyl (C=O) groups excluding carboxylic acids is 1. The highest BCUT2D eigenvalue weighted by atomic mass is 35.5. The summed E-state index contributed by atoms with van der Waals surface area (Å²) >= 11 is 5.63. The van der Waals surface area contributed by atoms with E-state index in [-0.39, 0.29) is 12.0 Å². The number of rotatable bonds is 6. The standard InChI is InChI=1S/C16H22ClNO2/c17-11-5-4-8-16(19)18-12-9-15(10-13-18)20-14-6-2-1-3-7-14/h1-3,6-7,15H,4-5,8-13H2. The molecular weight excluding hydrogens is 274 g/mol. The molecule has 1 aliphatic heterocycles. The molecule has 0 aromatic heterocycles. The smallest absolute Gasteiger partial charge is 0.222 e. The van der Waals surface area contributed by atoms with Crippen molar-refractivity contribution in [1.29, 1.82) is 0 Å². The Balaban J connectivity index is 1.71. The number of hydrogen-bond donors (Lipinski definition) is 0. The van der Waals surface area contributed by atoms with Crippen LogP contribution in [0.5, 0.6) is 5.75 Å². The van der Waals surface area contributed by atoms with Gasteiger partial charge in [-0.15, -0.1) is 11.6 Å². The van der Waals surface area contributed by atoms with Gasteiger partial charge in [0.15, 0.2) is 0 Å². The highest BCUT2D eigenvalue weighted by molar-refractivity contribution is 6.17. The number of hydrogen-bond acceptors (Lipinski definition) is 2. The zero-order valence-corrected chi connectivity index (χ0v) is 12.5. The third-order valence-electron chi connectivity index (χ3n) is 3.61. The van der Waals surface area contributed by atoms with Gasteiger partial charge < -0.3 is 9.64 Å². The number of benzene rings is 1. The number of para-hydroxylation sites is 1. The van der Waals surface area contributed by atoms with Gasteiger partial charge >= 0.3 is 0 Å².